The summed E-state index contributed by atoms with van der Waals surface area (Å²) in [6.45, 7) is 7.11. The quantitative estimate of drug-likeness (QED) is 0.565. The number of amides is 1. The van der Waals surface area contributed by atoms with Crippen molar-refractivity contribution in [3.05, 3.63) is 63.7 Å². The molecule has 0 N–H and O–H groups in total. The minimum atomic E-state index is -0.402. The molecule has 1 aliphatic heterocycles. The Kier molecular flexibility index (Phi) is 6.13. The van der Waals surface area contributed by atoms with Crippen molar-refractivity contribution in [1.82, 2.24) is 4.90 Å². The van der Waals surface area contributed by atoms with Crippen LogP contribution in [0.3, 0.4) is 0 Å². The Labute approximate surface area is 164 Å². The fraction of sp³-hybridized carbons (Fsp3) is 0.381. The Hall–Kier alpha value is -3.09. The van der Waals surface area contributed by atoms with Crippen LogP contribution in [0.15, 0.2) is 42.5 Å². The fourth-order valence-corrected chi connectivity index (χ4v) is 3.43. The van der Waals surface area contributed by atoms with Gasteiger partial charge in [-0.25, -0.2) is 0 Å². The SMILES string of the molecule is Cc1cc(C)cc(OCCC(=O)N2CCN(c3ccc([N+](=O)[O-])cc3)CC2)c1. The van der Waals surface area contributed by atoms with Gasteiger partial charge in [0.25, 0.3) is 5.69 Å². The zero-order valence-corrected chi connectivity index (χ0v) is 16.3. The number of non-ortho nitro benzene ring substituents is 1. The molecule has 0 bridgehead atoms. The van der Waals surface area contributed by atoms with Gasteiger partial charge in [-0.05, 0) is 49.2 Å². The second kappa shape index (κ2) is 8.73. The number of hydrogen-bond acceptors (Lipinski definition) is 5. The van der Waals surface area contributed by atoms with Gasteiger partial charge in [0, 0.05) is 44.0 Å². The van der Waals surface area contributed by atoms with Crippen molar-refractivity contribution in [2.45, 2.75) is 20.3 Å². The number of piperazine rings is 1. The summed E-state index contributed by atoms with van der Waals surface area (Å²) < 4.78 is 5.74. The van der Waals surface area contributed by atoms with E-state index in [-0.39, 0.29) is 11.6 Å². The second-order valence-electron chi connectivity index (χ2n) is 7.06. The molecule has 1 amide bonds. The maximum absolute atomic E-state index is 12.4. The average molecular weight is 383 g/mol. The lowest BCUT2D eigenvalue weighted by Crippen LogP contribution is -2.49. The van der Waals surface area contributed by atoms with E-state index in [1.165, 1.54) is 12.1 Å². The van der Waals surface area contributed by atoms with E-state index in [4.69, 9.17) is 4.74 Å². The molecule has 1 fully saturated rings. The average Bonchev–Trinajstić information content (AvgIpc) is 2.67. The maximum Gasteiger partial charge on any atom is 0.269 e. The van der Waals surface area contributed by atoms with Crippen LogP contribution in [0.4, 0.5) is 11.4 Å². The summed E-state index contributed by atoms with van der Waals surface area (Å²) in [6, 6.07) is 12.6. The van der Waals surface area contributed by atoms with Gasteiger partial charge < -0.3 is 14.5 Å². The van der Waals surface area contributed by atoms with Gasteiger partial charge in [-0.1, -0.05) is 6.07 Å². The van der Waals surface area contributed by atoms with Gasteiger partial charge in [0.2, 0.25) is 5.91 Å². The summed E-state index contributed by atoms with van der Waals surface area (Å²) >= 11 is 0. The third-order valence-electron chi connectivity index (χ3n) is 4.84. The maximum atomic E-state index is 12.4. The minimum Gasteiger partial charge on any atom is -0.493 e. The molecule has 1 aliphatic rings. The Morgan fingerprint density at radius 2 is 1.64 bits per heavy atom. The number of aryl methyl sites for hydroxylation is 2. The van der Waals surface area contributed by atoms with Gasteiger partial charge >= 0.3 is 0 Å². The van der Waals surface area contributed by atoms with Crippen LogP contribution in [0.5, 0.6) is 5.75 Å². The number of anilines is 1. The molecule has 148 valence electrons. The number of carbonyl (C=O) groups excluding carboxylic acids is 1. The van der Waals surface area contributed by atoms with Gasteiger partial charge in [0.1, 0.15) is 5.75 Å². The molecule has 0 aromatic heterocycles. The molecule has 0 aliphatic carbocycles. The van der Waals surface area contributed by atoms with Crippen molar-refractivity contribution in [3.63, 3.8) is 0 Å². The number of benzene rings is 2. The molecule has 0 atom stereocenters. The summed E-state index contributed by atoms with van der Waals surface area (Å²) in [5.41, 5.74) is 3.31. The van der Waals surface area contributed by atoms with Crippen LogP contribution in [0.2, 0.25) is 0 Å². The number of carbonyl (C=O) groups is 1. The first-order valence-electron chi connectivity index (χ1n) is 9.40. The van der Waals surface area contributed by atoms with Gasteiger partial charge in [-0.3, -0.25) is 14.9 Å². The third-order valence-corrected chi connectivity index (χ3v) is 4.84. The number of nitro benzene ring substituents is 1. The molecule has 0 unspecified atom stereocenters. The molecular formula is C21H25N3O4. The van der Waals surface area contributed by atoms with Crippen molar-refractivity contribution in [3.8, 4) is 5.75 Å². The van der Waals surface area contributed by atoms with Gasteiger partial charge in [0.15, 0.2) is 0 Å². The van der Waals surface area contributed by atoms with E-state index in [2.05, 4.69) is 11.0 Å². The van der Waals surface area contributed by atoms with Crippen molar-refractivity contribution in [2.24, 2.45) is 0 Å². The predicted molar refractivity (Wildman–Crippen MR) is 108 cm³/mol. The molecule has 1 heterocycles. The largest absolute Gasteiger partial charge is 0.493 e. The monoisotopic (exact) mass is 383 g/mol. The number of hydrogen-bond donors (Lipinski definition) is 0. The highest BCUT2D eigenvalue weighted by atomic mass is 16.6. The Balaban J connectivity index is 1.45. The van der Waals surface area contributed by atoms with Gasteiger partial charge in [-0.15, -0.1) is 0 Å². The Morgan fingerprint density at radius 1 is 1.04 bits per heavy atom. The van der Waals surface area contributed by atoms with E-state index in [0.29, 0.717) is 39.2 Å². The van der Waals surface area contributed by atoms with Gasteiger partial charge in [0.05, 0.1) is 18.0 Å². The Morgan fingerprint density at radius 3 is 2.21 bits per heavy atom. The molecule has 7 nitrogen and oxygen atoms in total. The van der Waals surface area contributed by atoms with Crippen molar-refractivity contribution in [2.75, 3.05) is 37.7 Å². The molecular weight excluding hydrogens is 358 g/mol. The van der Waals surface area contributed by atoms with Crippen LogP contribution in [0, 0.1) is 24.0 Å². The van der Waals surface area contributed by atoms with E-state index >= 15 is 0 Å². The first-order valence-corrected chi connectivity index (χ1v) is 9.40. The number of ether oxygens (including phenoxy) is 1. The first-order chi connectivity index (χ1) is 13.4. The standard InChI is InChI=1S/C21H25N3O4/c1-16-13-17(2)15-20(14-16)28-12-7-21(25)23-10-8-22(9-11-23)18-3-5-19(6-4-18)24(26)27/h3-6,13-15H,7-12H2,1-2H3. The van der Waals surface area contributed by atoms with Crippen LogP contribution in [-0.2, 0) is 4.79 Å². The van der Waals surface area contributed by atoms with E-state index < -0.39 is 4.92 Å². The molecule has 0 radical (unpaired) electrons. The molecule has 28 heavy (non-hydrogen) atoms. The lowest BCUT2D eigenvalue weighted by Gasteiger charge is -2.36. The van der Waals surface area contributed by atoms with Crippen molar-refractivity contribution in [1.29, 1.82) is 0 Å². The molecule has 0 spiro atoms. The van der Waals surface area contributed by atoms with E-state index in [1.807, 2.05) is 30.9 Å². The summed E-state index contributed by atoms with van der Waals surface area (Å²) in [5, 5.41) is 10.8. The number of nitrogens with zero attached hydrogens (tertiary/aromatic N) is 3. The Bertz CT molecular complexity index is 823. The summed E-state index contributed by atoms with van der Waals surface area (Å²) in [6.07, 6.45) is 0.352. The normalized spacial score (nSPS) is 14.1. The first kappa shape index (κ1) is 19.7. The number of rotatable bonds is 6. The van der Waals surface area contributed by atoms with Crippen LogP contribution >= 0.6 is 0 Å². The zero-order chi connectivity index (χ0) is 20.1. The lowest BCUT2D eigenvalue weighted by atomic mass is 10.1. The van der Waals surface area contributed by atoms with Crippen LogP contribution in [0.1, 0.15) is 17.5 Å². The molecule has 1 saturated heterocycles. The predicted octanol–water partition coefficient (Wildman–Crippen LogP) is 3.33. The fourth-order valence-electron chi connectivity index (χ4n) is 3.43. The smallest absolute Gasteiger partial charge is 0.269 e. The molecule has 3 rings (SSSR count). The summed E-state index contributed by atoms with van der Waals surface area (Å²) in [5.74, 6) is 0.890. The molecule has 7 heteroatoms. The highest BCUT2D eigenvalue weighted by molar-refractivity contribution is 5.76. The van der Waals surface area contributed by atoms with E-state index in [0.717, 1.165) is 22.6 Å². The van der Waals surface area contributed by atoms with Crippen LogP contribution in [-0.4, -0.2) is 48.5 Å². The highest BCUT2D eigenvalue weighted by Crippen LogP contribution is 2.21. The topological polar surface area (TPSA) is 75.9 Å². The summed E-state index contributed by atoms with van der Waals surface area (Å²) in [7, 11) is 0. The molecule has 0 saturated carbocycles. The second-order valence-corrected chi connectivity index (χ2v) is 7.06. The van der Waals surface area contributed by atoms with Crippen LogP contribution in [0.25, 0.3) is 0 Å². The van der Waals surface area contributed by atoms with Crippen molar-refractivity contribution >= 4 is 17.3 Å². The lowest BCUT2D eigenvalue weighted by molar-refractivity contribution is -0.384. The van der Waals surface area contributed by atoms with Crippen LogP contribution < -0.4 is 9.64 Å². The van der Waals surface area contributed by atoms with Crippen molar-refractivity contribution < 1.29 is 14.5 Å². The number of nitro groups is 1. The highest BCUT2D eigenvalue weighted by Gasteiger charge is 2.21. The van der Waals surface area contributed by atoms with Gasteiger partial charge in [-0.2, -0.15) is 0 Å². The summed E-state index contributed by atoms with van der Waals surface area (Å²) in [4.78, 5) is 26.8. The van der Waals surface area contributed by atoms with E-state index in [9.17, 15) is 14.9 Å². The minimum absolute atomic E-state index is 0.0846. The zero-order valence-electron chi connectivity index (χ0n) is 16.3. The molecule has 2 aromatic rings. The third kappa shape index (κ3) is 5.00. The van der Waals surface area contributed by atoms with E-state index in [1.54, 1.807) is 12.1 Å². The molecule has 2 aromatic carbocycles.